The van der Waals surface area contributed by atoms with Gasteiger partial charge in [-0.1, -0.05) is 6.92 Å². The Hall–Kier alpha value is -1.66. The maximum Gasteiger partial charge on any atom is 0.433 e. The lowest BCUT2D eigenvalue weighted by molar-refractivity contribution is -0.141. The summed E-state index contributed by atoms with van der Waals surface area (Å²) in [5, 5.41) is 8.91. The molecule has 0 aliphatic rings. The van der Waals surface area contributed by atoms with Crippen molar-refractivity contribution in [2.75, 3.05) is 0 Å². The van der Waals surface area contributed by atoms with Crippen molar-refractivity contribution in [3.63, 3.8) is 0 Å². The van der Waals surface area contributed by atoms with E-state index in [1.165, 1.54) is 0 Å². The molecule has 0 aliphatic carbocycles. The van der Waals surface area contributed by atoms with E-state index in [1.54, 1.807) is 0 Å². The molecule has 0 amide bonds. The van der Waals surface area contributed by atoms with Crippen molar-refractivity contribution in [1.29, 1.82) is 5.26 Å². The molecule has 2 rings (SSSR count). The normalized spacial score (nSPS) is 11.3. The summed E-state index contributed by atoms with van der Waals surface area (Å²) >= 11 is 1.99. The highest BCUT2D eigenvalue weighted by molar-refractivity contribution is 8.00. The van der Waals surface area contributed by atoms with Crippen LogP contribution in [0.2, 0.25) is 0 Å². The first-order valence-corrected chi connectivity index (χ1v) is 7.01. The van der Waals surface area contributed by atoms with Gasteiger partial charge in [-0.15, -0.1) is 0 Å². The molecule has 9 heteroatoms. The van der Waals surface area contributed by atoms with Gasteiger partial charge in [0, 0.05) is 6.42 Å². The van der Waals surface area contributed by atoms with Crippen LogP contribution < -0.4 is 0 Å². The van der Waals surface area contributed by atoms with Crippen molar-refractivity contribution in [3.8, 4) is 6.07 Å². The molecule has 0 spiro atoms. The summed E-state index contributed by atoms with van der Waals surface area (Å²) < 4.78 is 42.4. The minimum absolute atomic E-state index is 0.0128. The second-order valence-electron chi connectivity index (χ2n) is 3.59. The molecular formula is C11H7F3N4S2. The van der Waals surface area contributed by atoms with Crippen LogP contribution in [0.25, 0.3) is 0 Å². The third-order valence-electron chi connectivity index (χ3n) is 2.22. The van der Waals surface area contributed by atoms with Crippen LogP contribution in [0.4, 0.5) is 13.2 Å². The van der Waals surface area contributed by atoms with Gasteiger partial charge >= 0.3 is 6.18 Å². The summed E-state index contributed by atoms with van der Waals surface area (Å²) in [6.07, 6.45) is -3.91. The Balaban J connectivity index is 2.36. The summed E-state index contributed by atoms with van der Waals surface area (Å²) in [5.41, 5.74) is -0.949. The van der Waals surface area contributed by atoms with Crippen LogP contribution in [0.1, 0.15) is 24.0 Å². The van der Waals surface area contributed by atoms with Crippen LogP contribution in [-0.2, 0) is 12.6 Å². The first kappa shape index (κ1) is 14.7. The van der Waals surface area contributed by atoms with Crippen LogP contribution >= 0.6 is 23.3 Å². The Bertz CT molecular complexity index is 660. The third-order valence-corrected chi connectivity index (χ3v) is 4.01. The molecule has 2 aromatic rings. The maximum absolute atomic E-state index is 12.6. The van der Waals surface area contributed by atoms with Gasteiger partial charge in [0.05, 0.1) is 5.56 Å². The summed E-state index contributed by atoms with van der Waals surface area (Å²) in [7, 11) is 0. The predicted molar refractivity (Wildman–Crippen MR) is 67.4 cm³/mol. The van der Waals surface area contributed by atoms with Gasteiger partial charge in [0.25, 0.3) is 0 Å². The smallest absolute Gasteiger partial charge is 0.235 e. The van der Waals surface area contributed by atoms with E-state index in [0.29, 0.717) is 16.6 Å². The molecule has 2 aromatic heterocycles. The van der Waals surface area contributed by atoms with E-state index in [-0.39, 0.29) is 10.6 Å². The molecule has 0 aromatic carbocycles. The average Bonchev–Trinajstić information content (AvgIpc) is 2.85. The molecule has 0 fully saturated rings. The fourth-order valence-electron chi connectivity index (χ4n) is 1.27. The van der Waals surface area contributed by atoms with E-state index in [1.807, 2.05) is 13.0 Å². The van der Waals surface area contributed by atoms with Crippen LogP contribution in [0, 0.1) is 11.3 Å². The Morgan fingerprint density at radius 2 is 2.10 bits per heavy atom. The molecule has 0 N–H and O–H groups in total. The van der Waals surface area contributed by atoms with Crippen LogP contribution in [-0.4, -0.2) is 14.3 Å². The van der Waals surface area contributed by atoms with Crippen molar-refractivity contribution in [2.45, 2.75) is 28.9 Å². The summed E-state index contributed by atoms with van der Waals surface area (Å²) in [6, 6.07) is 3.72. The maximum atomic E-state index is 12.6. The molecule has 0 atom stereocenters. The third kappa shape index (κ3) is 3.26. The van der Waals surface area contributed by atoms with Gasteiger partial charge in [-0.2, -0.15) is 22.8 Å². The number of nitriles is 1. The second kappa shape index (κ2) is 5.76. The fraction of sp³-hybridized carbons (Fsp3) is 0.273. The molecular weight excluding hydrogens is 309 g/mol. The second-order valence-corrected chi connectivity index (χ2v) is 5.58. The van der Waals surface area contributed by atoms with Gasteiger partial charge in [0.15, 0.2) is 4.34 Å². The fourth-order valence-corrected chi connectivity index (χ4v) is 2.95. The minimum atomic E-state index is -4.54. The van der Waals surface area contributed by atoms with Crippen molar-refractivity contribution in [2.24, 2.45) is 0 Å². The minimum Gasteiger partial charge on any atom is -0.235 e. The number of alkyl halides is 3. The lowest BCUT2D eigenvalue weighted by atomic mass is 10.2. The molecule has 0 radical (unpaired) electrons. The number of hydrogen-bond acceptors (Lipinski definition) is 6. The van der Waals surface area contributed by atoms with Gasteiger partial charge < -0.3 is 0 Å². The molecule has 0 bridgehead atoms. The largest absolute Gasteiger partial charge is 0.433 e. The van der Waals surface area contributed by atoms with Gasteiger partial charge in [-0.3, -0.25) is 0 Å². The number of aryl methyl sites for hydroxylation is 1. The molecule has 2 heterocycles. The average molecular weight is 316 g/mol. The van der Waals surface area contributed by atoms with Gasteiger partial charge in [-0.25, -0.2) is 9.97 Å². The predicted octanol–water partition coefficient (Wildman–Crippen LogP) is 3.54. The highest BCUT2D eigenvalue weighted by atomic mass is 32.2. The number of rotatable bonds is 3. The lowest BCUT2D eigenvalue weighted by Gasteiger charge is -2.07. The Kier molecular flexibility index (Phi) is 4.25. The van der Waals surface area contributed by atoms with E-state index in [4.69, 9.17) is 5.26 Å². The molecule has 4 nitrogen and oxygen atoms in total. The SMILES string of the molecule is CCc1nsc(Sc2nc(C(F)(F)F)ccc2C#N)n1. The Morgan fingerprint density at radius 1 is 1.35 bits per heavy atom. The first-order chi connectivity index (χ1) is 9.44. The summed E-state index contributed by atoms with van der Waals surface area (Å²) in [6.45, 7) is 1.87. The topological polar surface area (TPSA) is 62.5 Å². The number of halogens is 3. The zero-order valence-corrected chi connectivity index (χ0v) is 11.7. The molecule has 104 valence electrons. The van der Waals surface area contributed by atoms with E-state index in [9.17, 15) is 13.2 Å². The van der Waals surface area contributed by atoms with Crippen molar-refractivity contribution in [3.05, 3.63) is 29.2 Å². The zero-order chi connectivity index (χ0) is 14.8. The Morgan fingerprint density at radius 3 is 2.65 bits per heavy atom. The first-order valence-electron chi connectivity index (χ1n) is 5.42. The monoisotopic (exact) mass is 316 g/mol. The van der Waals surface area contributed by atoms with E-state index >= 15 is 0 Å². The number of pyridine rings is 1. The molecule has 0 saturated carbocycles. The number of nitrogens with zero attached hydrogens (tertiary/aromatic N) is 4. The highest BCUT2D eigenvalue weighted by Gasteiger charge is 2.33. The van der Waals surface area contributed by atoms with Gasteiger partial charge in [0.2, 0.25) is 0 Å². The van der Waals surface area contributed by atoms with E-state index in [2.05, 4.69) is 14.3 Å². The van der Waals surface area contributed by atoms with E-state index in [0.717, 1.165) is 35.4 Å². The Labute approximate surface area is 120 Å². The van der Waals surface area contributed by atoms with Crippen molar-refractivity contribution >= 4 is 23.3 Å². The lowest BCUT2D eigenvalue weighted by Crippen LogP contribution is -2.08. The zero-order valence-electron chi connectivity index (χ0n) is 10.1. The number of hydrogen-bond donors (Lipinski definition) is 0. The van der Waals surface area contributed by atoms with Crippen LogP contribution in [0.5, 0.6) is 0 Å². The highest BCUT2D eigenvalue weighted by Crippen LogP contribution is 2.34. The van der Waals surface area contributed by atoms with Gasteiger partial charge in [-0.05, 0) is 35.4 Å². The molecule has 0 saturated heterocycles. The number of aromatic nitrogens is 3. The summed E-state index contributed by atoms with van der Waals surface area (Å²) in [4.78, 5) is 7.63. The van der Waals surface area contributed by atoms with Crippen LogP contribution in [0.15, 0.2) is 21.5 Å². The van der Waals surface area contributed by atoms with Gasteiger partial charge in [0.1, 0.15) is 22.6 Å². The summed E-state index contributed by atoms with van der Waals surface area (Å²) in [5.74, 6) is 0.614. The molecule has 20 heavy (non-hydrogen) atoms. The van der Waals surface area contributed by atoms with E-state index < -0.39 is 11.9 Å². The molecule has 0 aliphatic heterocycles. The van der Waals surface area contributed by atoms with Crippen molar-refractivity contribution in [1.82, 2.24) is 14.3 Å². The quantitative estimate of drug-likeness (QED) is 0.866. The molecule has 0 unspecified atom stereocenters. The van der Waals surface area contributed by atoms with Crippen molar-refractivity contribution < 1.29 is 13.2 Å². The standard InChI is InChI=1S/C11H7F3N4S2/c1-2-8-17-10(20-18-8)19-9-6(5-15)3-4-7(16-9)11(12,13)14/h3-4H,2H2,1H3. The van der Waals surface area contributed by atoms with Crippen LogP contribution in [0.3, 0.4) is 0 Å².